The Morgan fingerprint density at radius 2 is 1.96 bits per heavy atom. The molecule has 0 aliphatic heterocycles. The lowest BCUT2D eigenvalue weighted by molar-refractivity contribution is -0.118. The second kappa shape index (κ2) is 8.88. The topological polar surface area (TPSA) is 71.3 Å². The maximum absolute atomic E-state index is 12.1. The average molecular weight is 468 g/mol. The minimum Gasteiger partial charge on any atom is -0.490 e. The number of halogens is 2. The molecule has 2 aromatic rings. The van der Waals surface area contributed by atoms with Gasteiger partial charge in [0.05, 0.1) is 22.7 Å². The summed E-state index contributed by atoms with van der Waals surface area (Å²) in [6, 6.07) is 10.8. The second-order valence-corrected chi connectivity index (χ2v) is 6.84. The third-order valence-corrected chi connectivity index (χ3v) is 4.71. The van der Waals surface area contributed by atoms with E-state index in [1.165, 1.54) is 0 Å². The summed E-state index contributed by atoms with van der Waals surface area (Å²) >= 11 is 6.77. The minimum atomic E-state index is -0.291. The number of carbonyl (C=O) groups is 1. The number of benzene rings is 2. The number of hydrogen-bond acceptors (Lipinski definition) is 4. The van der Waals surface area contributed by atoms with Crippen molar-refractivity contribution < 1.29 is 14.3 Å². The van der Waals surface area contributed by atoms with Gasteiger partial charge in [0, 0.05) is 16.2 Å². The SMILES string of the molecule is CCOc1cc(C#N)cc(Br)c1OCC(=O)Nc1ccc(Br)c(C)c1. The molecule has 7 heteroatoms. The molecule has 0 aliphatic rings. The number of carbonyl (C=O) groups excluding carboxylic acids is 1. The van der Waals surface area contributed by atoms with Gasteiger partial charge in [-0.2, -0.15) is 5.26 Å². The van der Waals surface area contributed by atoms with Gasteiger partial charge in [-0.05, 0) is 59.6 Å². The van der Waals surface area contributed by atoms with Crippen molar-refractivity contribution in [2.24, 2.45) is 0 Å². The first-order chi connectivity index (χ1) is 11.9. The van der Waals surface area contributed by atoms with Crippen molar-refractivity contribution in [2.75, 3.05) is 18.5 Å². The standard InChI is InChI=1S/C18H16Br2N2O3/c1-3-24-16-8-12(9-21)7-15(20)18(16)25-10-17(23)22-13-4-5-14(19)11(2)6-13/h4-8H,3,10H2,1-2H3,(H,22,23). The molecule has 0 spiro atoms. The summed E-state index contributed by atoms with van der Waals surface area (Å²) < 4.78 is 12.6. The average Bonchev–Trinajstić information content (AvgIpc) is 2.57. The predicted octanol–water partition coefficient (Wildman–Crippen LogP) is 4.81. The zero-order valence-corrected chi connectivity index (χ0v) is 16.9. The van der Waals surface area contributed by atoms with Crippen molar-refractivity contribution in [3.05, 3.63) is 50.4 Å². The van der Waals surface area contributed by atoms with Crippen molar-refractivity contribution in [1.29, 1.82) is 5.26 Å². The van der Waals surface area contributed by atoms with Crippen LogP contribution in [-0.2, 0) is 4.79 Å². The number of ether oxygens (including phenoxy) is 2. The molecule has 130 valence electrons. The van der Waals surface area contributed by atoms with Gasteiger partial charge in [-0.15, -0.1) is 0 Å². The number of nitrogens with zero attached hydrogens (tertiary/aromatic N) is 1. The van der Waals surface area contributed by atoms with E-state index >= 15 is 0 Å². The van der Waals surface area contributed by atoms with Crippen LogP contribution in [0, 0.1) is 18.3 Å². The molecule has 0 fully saturated rings. The fourth-order valence-electron chi connectivity index (χ4n) is 2.09. The molecule has 0 aromatic heterocycles. The lowest BCUT2D eigenvalue weighted by Gasteiger charge is -2.14. The molecule has 2 rings (SSSR count). The molecule has 25 heavy (non-hydrogen) atoms. The normalized spacial score (nSPS) is 10.0. The van der Waals surface area contributed by atoms with Crippen LogP contribution in [0.5, 0.6) is 11.5 Å². The van der Waals surface area contributed by atoms with E-state index in [-0.39, 0.29) is 12.5 Å². The minimum absolute atomic E-state index is 0.181. The Morgan fingerprint density at radius 3 is 2.60 bits per heavy atom. The van der Waals surface area contributed by atoms with Crippen LogP contribution in [0.4, 0.5) is 5.69 Å². The highest BCUT2D eigenvalue weighted by molar-refractivity contribution is 9.10. The molecule has 5 nitrogen and oxygen atoms in total. The maximum atomic E-state index is 12.1. The highest BCUT2D eigenvalue weighted by Gasteiger charge is 2.14. The van der Waals surface area contributed by atoms with Crippen molar-refractivity contribution in [1.82, 2.24) is 0 Å². The first kappa shape index (κ1) is 19.3. The van der Waals surface area contributed by atoms with Gasteiger partial charge in [-0.1, -0.05) is 15.9 Å². The highest BCUT2D eigenvalue weighted by atomic mass is 79.9. The molecule has 1 amide bonds. The Bertz CT molecular complexity index is 832. The Morgan fingerprint density at radius 1 is 1.20 bits per heavy atom. The van der Waals surface area contributed by atoms with Gasteiger partial charge in [0.2, 0.25) is 0 Å². The summed E-state index contributed by atoms with van der Waals surface area (Å²) in [7, 11) is 0. The summed E-state index contributed by atoms with van der Waals surface area (Å²) in [5.41, 5.74) is 2.16. The Labute approximate surface area is 163 Å². The van der Waals surface area contributed by atoms with E-state index in [2.05, 4.69) is 43.2 Å². The van der Waals surface area contributed by atoms with Crippen molar-refractivity contribution >= 4 is 43.5 Å². The summed E-state index contributed by atoms with van der Waals surface area (Å²) in [6.07, 6.45) is 0. The fraction of sp³-hybridized carbons (Fsp3) is 0.222. The Hall–Kier alpha value is -2.04. The van der Waals surface area contributed by atoms with Gasteiger partial charge in [-0.25, -0.2) is 0 Å². The van der Waals surface area contributed by atoms with E-state index in [1.807, 2.05) is 26.0 Å². The molecule has 1 N–H and O–H groups in total. The predicted molar refractivity (Wildman–Crippen MR) is 103 cm³/mol. The number of hydrogen-bond donors (Lipinski definition) is 1. The largest absolute Gasteiger partial charge is 0.490 e. The third kappa shape index (κ3) is 5.21. The molecule has 0 radical (unpaired) electrons. The zero-order valence-electron chi connectivity index (χ0n) is 13.7. The van der Waals surface area contributed by atoms with Gasteiger partial charge in [0.25, 0.3) is 5.91 Å². The molecular weight excluding hydrogens is 452 g/mol. The second-order valence-electron chi connectivity index (χ2n) is 5.13. The summed E-state index contributed by atoms with van der Waals surface area (Å²) in [5.74, 6) is 0.518. The lowest BCUT2D eigenvalue weighted by atomic mass is 10.2. The zero-order chi connectivity index (χ0) is 18.4. The molecule has 0 saturated heterocycles. The van der Waals surface area contributed by atoms with E-state index in [0.29, 0.717) is 33.8 Å². The van der Waals surface area contributed by atoms with Crippen LogP contribution in [0.2, 0.25) is 0 Å². The van der Waals surface area contributed by atoms with Gasteiger partial charge in [0.15, 0.2) is 18.1 Å². The number of anilines is 1. The van der Waals surface area contributed by atoms with Crippen LogP contribution in [0.1, 0.15) is 18.1 Å². The van der Waals surface area contributed by atoms with E-state index in [4.69, 9.17) is 14.7 Å². The first-order valence-corrected chi connectivity index (χ1v) is 9.08. The van der Waals surface area contributed by atoms with Crippen molar-refractivity contribution in [3.63, 3.8) is 0 Å². The Kier molecular flexibility index (Phi) is 6.85. The van der Waals surface area contributed by atoms with Crippen molar-refractivity contribution in [2.45, 2.75) is 13.8 Å². The van der Waals surface area contributed by atoms with Crippen LogP contribution in [0.15, 0.2) is 39.3 Å². The molecule has 0 unspecified atom stereocenters. The van der Waals surface area contributed by atoms with Gasteiger partial charge < -0.3 is 14.8 Å². The molecule has 0 atom stereocenters. The smallest absolute Gasteiger partial charge is 0.262 e. The fourth-order valence-corrected chi connectivity index (χ4v) is 2.90. The molecule has 0 bridgehead atoms. The van der Waals surface area contributed by atoms with Crippen LogP contribution >= 0.6 is 31.9 Å². The number of rotatable bonds is 6. The molecular formula is C18H16Br2N2O3. The van der Waals surface area contributed by atoms with Gasteiger partial charge in [0.1, 0.15) is 0 Å². The Balaban J connectivity index is 2.08. The highest BCUT2D eigenvalue weighted by Crippen LogP contribution is 2.36. The van der Waals surface area contributed by atoms with E-state index in [0.717, 1.165) is 10.0 Å². The summed E-state index contributed by atoms with van der Waals surface area (Å²) in [5, 5.41) is 11.8. The monoisotopic (exact) mass is 466 g/mol. The number of nitrogens with one attached hydrogen (secondary N) is 1. The first-order valence-electron chi connectivity index (χ1n) is 7.49. The molecule has 0 saturated carbocycles. The van der Waals surface area contributed by atoms with Gasteiger partial charge in [-0.3, -0.25) is 4.79 Å². The summed E-state index contributed by atoms with van der Waals surface area (Å²) in [4.78, 5) is 12.1. The van der Waals surface area contributed by atoms with Gasteiger partial charge >= 0.3 is 0 Å². The molecule has 0 aliphatic carbocycles. The molecule has 2 aromatic carbocycles. The third-order valence-electron chi connectivity index (χ3n) is 3.23. The lowest BCUT2D eigenvalue weighted by Crippen LogP contribution is -2.20. The van der Waals surface area contributed by atoms with Crippen LogP contribution in [0.25, 0.3) is 0 Å². The van der Waals surface area contributed by atoms with E-state index in [1.54, 1.807) is 18.2 Å². The number of amides is 1. The van der Waals surface area contributed by atoms with Crippen LogP contribution in [0.3, 0.4) is 0 Å². The van der Waals surface area contributed by atoms with Crippen LogP contribution in [-0.4, -0.2) is 19.1 Å². The maximum Gasteiger partial charge on any atom is 0.262 e. The number of nitriles is 1. The quantitative estimate of drug-likeness (QED) is 0.661. The van der Waals surface area contributed by atoms with Crippen LogP contribution < -0.4 is 14.8 Å². The number of aryl methyl sites for hydroxylation is 1. The van der Waals surface area contributed by atoms with E-state index in [9.17, 15) is 4.79 Å². The summed E-state index contributed by atoms with van der Waals surface area (Å²) in [6.45, 7) is 4.01. The molecule has 0 heterocycles. The van der Waals surface area contributed by atoms with Crippen molar-refractivity contribution in [3.8, 4) is 17.6 Å². The van der Waals surface area contributed by atoms with E-state index < -0.39 is 0 Å².